The van der Waals surface area contributed by atoms with Crippen molar-refractivity contribution >= 4 is 0 Å². The summed E-state index contributed by atoms with van der Waals surface area (Å²) in [7, 11) is 1.64. The average Bonchev–Trinajstić information content (AvgIpc) is 2.75. The first-order valence-electron chi connectivity index (χ1n) is 5.89. The van der Waals surface area contributed by atoms with E-state index in [-0.39, 0.29) is 11.5 Å². The lowest BCUT2D eigenvalue weighted by Crippen LogP contribution is -2.28. The van der Waals surface area contributed by atoms with Crippen molar-refractivity contribution in [1.29, 1.82) is 0 Å². The van der Waals surface area contributed by atoms with E-state index in [1.165, 1.54) is 0 Å². The van der Waals surface area contributed by atoms with Gasteiger partial charge in [0.1, 0.15) is 5.60 Å². The molecule has 0 aliphatic carbocycles. The van der Waals surface area contributed by atoms with Gasteiger partial charge in [0.25, 0.3) is 0 Å². The van der Waals surface area contributed by atoms with Crippen LogP contribution < -0.4 is 5.73 Å². The van der Waals surface area contributed by atoms with Crippen LogP contribution in [0.3, 0.4) is 0 Å². The molecule has 17 heavy (non-hydrogen) atoms. The lowest BCUT2D eigenvalue weighted by molar-refractivity contribution is -0.0106. The normalized spacial score (nSPS) is 17.8. The van der Waals surface area contributed by atoms with Crippen LogP contribution in [0.15, 0.2) is 4.52 Å². The number of methoxy groups -OCH3 is 1. The summed E-state index contributed by atoms with van der Waals surface area (Å²) >= 11 is 0. The zero-order valence-corrected chi connectivity index (χ0v) is 11.6. The van der Waals surface area contributed by atoms with Gasteiger partial charge in [-0.25, -0.2) is 0 Å². The van der Waals surface area contributed by atoms with Gasteiger partial charge in [-0.2, -0.15) is 4.98 Å². The summed E-state index contributed by atoms with van der Waals surface area (Å²) in [5.74, 6) is 1.02. The molecule has 0 spiro atoms. The highest BCUT2D eigenvalue weighted by atomic mass is 16.5. The molecule has 0 radical (unpaired) electrons. The minimum Gasteiger partial charge on any atom is -0.370 e. The van der Waals surface area contributed by atoms with Crippen molar-refractivity contribution in [3.8, 4) is 0 Å². The standard InChI is InChI=1S/C12H23N3O2/c1-7-12(5,16-6)10-14-9(17-15-10)8(13)11(2,3)4/h8H,7,13H2,1-6H3/t8-,12?/m0/s1. The Hall–Kier alpha value is -0.940. The Kier molecular flexibility index (Phi) is 3.94. The second-order valence-corrected chi connectivity index (χ2v) is 5.59. The molecule has 0 amide bonds. The summed E-state index contributed by atoms with van der Waals surface area (Å²) in [6, 6.07) is -0.276. The van der Waals surface area contributed by atoms with E-state index >= 15 is 0 Å². The summed E-state index contributed by atoms with van der Waals surface area (Å²) in [4.78, 5) is 4.36. The highest BCUT2D eigenvalue weighted by Gasteiger charge is 2.33. The molecule has 0 aromatic carbocycles. The van der Waals surface area contributed by atoms with Crippen LogP contribution in [0.4, 0.5) is 0 Å². The maximum absolute atomic E-state index is 6.07. The van der Waals surface area contributed by atoms with Crippen molar-refractivity contribution in [3.05, 3.63) is 11.7 Å². The van der Waals surface area contributed by atoms with Crippen LogP contribution in [0, 0.1) is 5.41 Å². The fourth-order valence-corrected chi connectivity index (χ4v) is 1.34. The van der Waals surface area contributed by atoms with E-state index in [0.717, 1.165) is 6.42 Å². The van der Waals surface area contributed by atoms with E-state index in [2.05, 4.69) is 10.1 Å². The molecule has 1 rings (SSSR count). The second kappa shape index (κ2) is 4.74. The first-order chi connectivity index (χ1) is 7.74. The maximum Gasteiger partial charge on any atom is 0.244 e. The van der Waals surface area contributed by atoms with Crippen LogP contribution >= 0.6 is 0 Å². The number of hydrogen-bond acceptors (Lipinski definition) is 5. The summed E-state index contributed by atoms with van der Waals surface area (Å²) < 4.78 is 10.7. The van der Waals surface area contributed by atoms with Gasteiger partial charge in [-0.1, -0.05) is 32.9 Å². The molecule has 1 heterocycles. The van der Waals surface area contributed by atoms with Crippen LogP contribution in [0.1, 0.15) is 58.8 Å². The van der Waals surface area contributed by atoms with Gasteiger partial charge >= 0.3 is 0 Å². The van der Waals surface area contributed by atoms with Crippen molar-refractivity contribution in [2.45, 2.75) is 52.7 Å². The highest BCUT2D eigenvalue weighted by molar-refractivity contribution is 5.02. The van der Waals surface area contributed by atoms with Gasteiger partial charge < -0.3 is 15.0 Å². The first-order valence-corrected chi connectivity index (χ1v) is 5.89. The Labute approximate surface area is 103 Å². The van der Waals surface area contributed by atoms with E-state index in [4.69, 9.17) is 15.0 Å². The Bertz CT molecular complexity index is 364. The van der Waals surface area contributed by atoms with E-state index < -0.39 is 5.60 Å². The van der Waals surface area contributed by atoms with E-state index in [1.807, 2.05) is 34.6 Å². The third-order valence-corrected chi connectivity index (χ3v) is 3.24. The molecule has 98 valence electrons. The molecule has 2 atom stereocenters. The monoisotopic (exact) mass is 241 g/mol. The molecule has 5 heteroatoms. The molecule has 0 fully saturated rings. The molecular formula is C12H23N3O2. The van der Waals surface area contributed by atoms with Gasteiger partial charge in [-0.15, -0.1) is 0 Å². The van der Waals surface area contributed by atoms with Gasteiger partial charge in [-0.05, 0) is 18.8 Å². The third kappa shape index (κ3) is 2.84. The Morgan fingerprint density at radius 2 is 1.94 bits per heavy atom. The second-order valence-electron chi connectivity index (χ2n) is 5.59. The predicted octanol–water partition coefficient (Wildman–Crippen LogP) is 2.39. The Morgan fingerprint density at radius 3 is 2.35 bits per heavy atom. The SMILES string of the molecule is CCC(C)(OC)c1noc([C@H](N)C(C)(C)C)n1. The molecular weight excluding hydrogens is 218 g/mol. The number of ether oxygens (including phenoxy) is 1. The molecule has 5 nitrogen and oxygen atoms in total. The zero-order valence-electron chi connectivity index (χ0n) is 11.6. The third-order valence-electron chi connectivity index (χ3n) is 3.24. The molecule has 0 saturated heterocycles. The molecule has 2 N–H and O–H groups in total. The van der Waals surface area contributed by atoms with Crippen molar-refractivity contribution in [2.75, 3.05) is 7.11 Å². The van der Waals surface area contributed by atoms with Crippen molar-refractivity contribution in [2.24, 2.45) is 11.1 Å². The maximum atomic E-state index is 6.07. The van der Waals surface area contributed by atoms with E-state index in [0.29, 0.717) is 11.7 Å². The topological polar surface area (TPSA) is 74.2 Å². The van der Waals surface area contributed by atoms with E-state index in [1.54, 1.807) is 7.11 Å². The van der Waals surface area contributed by atoms with Crippen LogP contribution in [0.5, 0.6) is 0 Å². The van der Waals surface area contributed by atoms with Crippen molar-refractivity contribution < 1.29 is 9.26 Å². The quantitative estimate of drug-likeness (QED) is 0.876. The number of aromatic nitrogens is 2. The largest absolute Gasteiger partial charge is 0.370 e. The Balaban J connectivity index is 3.00. The smallest absolute Gasteiger partial charge is 0.244 e. The summed E-state index contributed by atoms with van der Waals surface area (Å²) in [5, 5.41) is 3.97. The average molecular weight is 241 g/mol. The number of nitrogens with zero attached hydrogens (tertiary/aromatic N) is 2. The van der Waals surface area contributed by atoms with Gasteiger partial charge in [0.15, 0.2) is 0 Å². The summed E-state index contributed by atoms with van der Waals surface area (Å²) in [6.07, 6.45) is 0.771. The fraction of sp³-hybridized carbons (Fsp3) is 0.833. The van der Waals surface area contributed by atoms with Crippen molar-refractivity contribution in [3.63, 3.8) is 0 Å². The molecule has 0 bridgehead atoms. The van der Waals surface area contributed by atoms with Gasteiger partial charge in [0.05, 0.1) is 6.04 Å². The van der Waals surface area contributed by atoms with Crippen LogP contribution in [-0.2, 0) is 10.3 Å². The lowest BCUT2D eigenvalue weighted by Gasteiger charge is -2.24. The van der Waals surface area contributed by atoms with Crippen LogP contribution in [-0.4, -0.2) is 17.3 Å². The number of rotatable bonds is 4. The first kappa shape index (κ1) is 14.1. The Morgan fingerprint density at radius 1 is 1.35 bits per heavy atom. The molecule has 0 saturated carbocycles. The van der Waals surface area contributed by atoms with Crippen LogP contribution in [0.2, 0.25) is 0 Å². The predicted molar refractivity (Wildman–Crippen MR) is 65.3 cm³/mol. The van der Waals surface area contributed by atoms with Gasteiger partial charge in [-0.3, -0.25) is 0 Å². The molecule has 1 aromatic rings. The molecule has 0 aliphatic rings. The van der Waals surface area contributed by atoms with Crippen molar-refractivity contribution in [1.82, 2.24) is 10.1 Å². The van der Waals surface area contributed by atoms with Gasteiger partial charge in [0, 0.05) is 7.11 Å². The lowest BCUT2D eigenvalue weighted by atomic mass is 9.87. The van der Waals surface area contributed by atoms with E-state index in [9.17, 15) is 0 Å². The zero-order chi connectivity index (χ0) is 13.3. The van der Waals surface area contributed by atoms with Gasteiger partial charge in [0.2, 0.25) is 11.7 Å². The molecule has 0 aliphatic heterocycles. The molecule has 1 unspecified atom stereocenters. The summed E-state index contributed by atoms with van der Waals surface area (Å²) in [5.41, 5.74) is 5.45. The number of nitrogens with two attached hydrogens (primary N) is 1. The summed E-state index contributed by atoms with van der Waals surface area (Å²) in [6.45, 7) is 10.1. The minimum atomic E-state index is -0.515. The number of hydrogen-bond donors (Lipinski definition) is 1. The highest BCUT2D eigenvalue weighted by Crippen LogP contribution is 2.31. The van der Waals surface area contributed by atoms with Crippen LogP contribution in [0.25, 0.3) is 0 Å². The molecule has 1 aromatic heterocycles. The fourth-order valence-electron chi connectivity index (χ4n) is 1.34. The minimum absolute atomic E-state index is 0.112.